The van der Waals surface area contributed by atoms with Crippen molar-refractivity contribution >= 4 is 5.91 Å². The minimum atomic E-state index is -0.0597. The van der Waals surface area contributed by atoms with Crippen LogP contribution in [0.25, 0.3) is 0 Å². The summed E-state index contributed by atoms with van der Waals surface area (Å²) in [4.78, 5) is 14.4. The average molecular weight is 271 g/mol. The summed E-state index contributed by atoms with van der Waals surface area (Å²) < 4.78 is 0. The highest BCUT2D eigenvalue weighted by molar-refractivity contribution is 5.81. The van der Waals surface area contributed by atoms with Gasteiger partial charge in [-0.25, -0.2) is 0 Å². The lowest BCUT2D eigenvalue weighted by atomic mass is 10.1. The normalized spacial score (nSPS) is 13.0. The molecular weight excluding hydrogens is 238 g/mol. The van der Waals surface area contributed by atoms with Gasteiger partial charge in [-0.2, -0.15) is 0 Å². The number of unbranched alkanes of at least 4 members (excludes halogenated alkanes) is 2. The van der Waals surface area contributed by atoms with Crippen molar-refractivity contribution in [3.05, 3.63) is 0 Å². The molecule has 0 saturated carbocycles. The van der Waals surface area contributed by atoms with Crippen LogP contribution < -0.4 is 11.1 Å². The lowest BCUT2D eigenvalue weighted by molar-refractivity contribution is -0.126. The second-order valence-corrected chi connectivity index (χ2v) is 5.71. The molecule has 0 saturated heterocycles. The first-order valence-electron chi connectivity index (χ1n) is 7.74. The number of hydrogen-bond acceptors (Lipinski definition) is 3. The Bertz CT molecular complexity index is 231. The molecule has 4 heteroatoms. The fourth-order valence-corrected chi connectivity index (χ4v) is 2.11. The van der Waals surface area contributed by atoms with E-state index >= 15 is 0 Å². The van der Waals surface area contributed by atoms with Crippen LogP contribution in [0.15, 0.2) is 0 Å². The highest BCUT2D eigenvalue weighted by Crippen LogP contribution is 2.06. The third kappa shape index (κ3) is 9.00. The predicted molar refractivity (Wildman–Crippen MR) is 82.1 cm³/mol. The predicted octanol–water partition coefficient (Wildman–Crippen LogP) is 1.99. The van der Waals surface area contributed by atoms with Crippen molar-refractivity contribution in [3.8, 4) is 0 Å². The van der Waals surface area contributed by atoms with Crippen LogP contribution in [0, 0.1) is 5.92 Å². The fraction of sp³-hybridized carbons (Fsp3) is 0.933. The largest absolute Gasteiger partial charge is 0.355 e. The van der Waals surface area contributed by atoms with Crippen molar-refractivity contribution in [3.63, 3.8) is 0 Å². The molecule has 1 amide bonds. The molecule has 3 N–H and O–H groups in total. The summed E-state index contributed by atoms with van der Waals surface area (Å²) in [6, 6.07) is -0.0597. The lowest BCUT2D eigenvalue weighted by Gasteiger charge is -2.29. The molecule has 0 rings (SSSR count). The maximum atomic E-state index is 12.1. The number of hydrogen-bond donors (Lipinski definition) is 2. The fourth-order valence-electron chi connectivity index (χ4n) is 2.11. The summed E-state index contributed by atoms with van der Waals surface area (Å²) in [6.07, 6.45) is 4.38. The van der Waals surface area contributed by atoms with Crippen LogP contribution in [0.1, 0.15) is 53.4 Å². The van der Waals surface area contributed by atoms with Crippen molar-refractivity contribution in [1.29, 1.82) is 0 Å². The van der Waals surface area contributed by atoms with E-state index in [-0.39, 0.29) is 11.9 Å². The first-order chi connectivity index (χ1) is 9.02. The smallest absolute Gasteiger partial charge is 0.237 e. The van der Waals surface area contributed by atoms with E-state index < -0.39 is 0 Å². The Morgan fingerprint density at radius 3 is 2.42 bits per heavy atom. The topological polar surface area (TPSA) is 58.4 Å². The molecule has 4 nitrogen and oxygen atoms in total. The molecule has 0 aromatic rings. The molecule has 0 aliphatic rings. The van der Waals surface area contributed by atoms with Crippen molar-refractivity contribution in [2.24, 2.45) is 11.7 Å². The minimum absolute atomic E-state index is 0.0597. The molecular formula is C15H33N3O. The summed E-state index contributed by atoms with van der Waals surface area (Å²) in [5.41, 5.74) is 5.57. The highest BCUT2D eigenvalue weighted by atomic mass is 16.2. The molecule has 0 spiro atoms. The van der Waals surface area contributed by atoms with E-state index in [1.807, 2.05) is 6.92 Å². The molecule has 114 valence electrons. The average Bonchev–Trinajstić information content (AvgIpc) is 2.38. The molecule has 0 fully saturated rings. The Hall–Kier alpha value is -0.610. The molecule has 0 aliphatic carbocycles. The molecule has 1 unspecified atom stereocenters. The van der Waals surface area contributed by atoms with Crippen molar-refractivity contribution in [2.75, 3.05) is 26.2 Å². The molecule has 0 bridgehead atoms. The molecule has 0 aliphatic heterocycles. The van der Waals surface area contributed by atoms with E-state index in [0.29, 0.717) is 12.5 Å². The number of amides is 1. The molecule has 0 aromatic heterocycles. The summed E-state index contributed by atoms with van der Waals surface area (Å²) in [6.45, 7) is 11.9. The van der Waals surface area contributed by atoms with Crippen molar-refractivity contribution in [2.45, 2.75) is 59.4 Å². The van der Waals surface area contributed by atoms with Crippen LogP contribution in [-0.4, -0.2) is 43.0 Å². The van der Waals surface area contributed by atoms with E-state index in [1.54, 1.807) is 0 Å². The van der Waals surface area contributed by atoms with Crippen LogP contribution in [0.5, 0.6) is 0 Å². The maximum Gasteiger partial charge on any atom is 0.237 e. The highest BCUT2D eigenvalue weighted by Gasteiger charge is 2.20. The quantitative estimate of drug-likeness (QED) is 0.565. The third-order valence-electron chi connectivity index (χ3n) is 3.26. The minimum Gasteiger partial charge on any atom is -0.355 e. The summed E-state index contributed by atoms with van der Waals surface area (Å²) in [5.74, 6) is 0.710. The van der Waals surface area contributed by atoms with Gasteiger partial charge in [0.1, 0.15) is 0 Å². The van der Waals surface area contributed by atoms with Gasteiger partial charge in [-0.05, 0) is 32.2 Å². The van der Waals surface area contributed by atoms with Crippen molar-refractivity contribution < 1.29 is 4.79 Å². The van der Waals surface area contributed by atoms with Crippen LogP contribution in [0.4, 0.5) is 0 Å². The van der Waals surface area contributed by atoms with Gasteiger partial charge in [0.15, 0.2) is 0 Å². The van der Waals surface area contributed by atoms with Gasteiger partial charge in [0.2, 0.25) is 5.91 Å². The molecule has 0 heterocycles. The van der Waals surface area contributed by atoms with Gasteiger partial charge in [-0.1, -0.05) is 33.6 Å². The van der Waals surface area contributed by atoms with Gasteiger partial charge in [-0.15, -0.1) is 0 Å². The van der Waals surface area contributed by atoms with Crippen LogP contribution in [-0.2, 0) is 4.79 Å². The zero-order chi connectivity index (χ0) is 14.7. The Morgan fingerprint density at radius 1 is 1.21 bits per heavy atom. The van der Waals surface area contributed by atoms with Crippen LogP contribution in [0.2, 0.25) is 0 Å². The molecule has 1 atom stereocenters. The zero-order valence-electron chi connectivity index (χ0n) is 13.2. The van der Waals surface area contributed by atoms with Crippen LogP contribution >= 0.6 is 0 Å². The standard InChI is InChI=1S/C15H33N3O/c1-5-6-7-10-17-15(19)14(4)18(11-8-9-16)12-13(2)3/h13-14H,5-12,16H2,1-4H3,(H,17,19). The number of nitrogens with two attached hydrogens (primary N) is 1. The lowest BCUT2D eigenvalue weighted by Crippen LogP contribution is -2.47. The van der Waals surface area contributed by atoms with Gasteiger partial charge < -0.3 is 11.1 Å². The van der Waals surface area contributed by atoms with E-state index in [0.717, 1.165) is 32.5 Å². The Kier molecular flexibility index (Phi) is 10.9. The third-order valence-corrected chi connectivity index (χ3v) is 3.26. The van der Waals surface area contributed by atoms with Gasteiger partial charge in [0, 0.05) is 19.6 Å². The maximum absolute atomic E-state index is 12.1. The monoisotopic (exact) mass is 271 g/mol. The Morgan fingerprint density at radius 2 is 1.89 bits per heavy atom. The molecule has 0 radical (unpaired) electrons. The molecule has 19 heavy (non-hydrogen) atoms. The number of carbonyl (C=O) groups excluding carboxylic acids is 1. The second-order valence-electron chi connectivity index (χ2n) is 5.71. The number of nitrogens with zero attached hydrogens (tertiary/aromatic N) is 1. The first kappa shape index (κ1) is 18.4. The van der Waals surface area contributed by atoms with E-state index in [9.17, 15) is 4.79 Å². The zero-order valence-corrected chi connectivity index (χ0v) is 13.2. The van der Waals surface area contributed by atoms with E-state index in [1.165, 1.54) is 12.8 Å². The second kappa shape index (κ2) is 11.2. The first-order valence-corrected chi connectivity index (χ1v) is 7.74. The van der Waals surface area contributed by atoms with E-state index in [4.69, 9.17) is 5.73 Å². The SMILES string of the molecule is CCCCCNC(=O)C(C)N(CCCN)CC(C)C. The van der Waals surface area contributed by atoms with Gasteiger partial charge in [0.25, 0.3) is 0 Å². The van der Waals surface area contributed by atoms with E-state index in [2.05, 4.69) is 31.0 Å². The number of carbonyl (C=O) groups is 1. The summed E-state index contributed by atoms with van der Waals surface area (Å²) >= 11 is 0. The molecule has 0 aromatic carbocycles. The summed E-state index contributed by atoms with van der Waals surface area (Å²) in [7, 11) is 0. The van der Waals surface area contributed by atoms with Crippen LogP contribution in [0.3, 0.4) is 0 Å². The number of nitrogens with one attached hydrogen (secondary N) is 1. The summed E-state index contributed by atoms with van der Waals surface area (Å²) in [5, 5.41) is 3.04. The van der Waals surface area contributed by atoms with Crippen molar-refractivity contribution in [1.82, 2.24) is 10.2 Å². The van der Waals surface area contributed by atoms with Gasteiger partial charge >= 0.3 is 0 Å². The Balaban J connectivity index is 4.18. The van der Waals surface area contributed by atoms with Gasteiger partial charge in [0.05, 0.1) is 6.04 Å². The Labute approximate surface area is 119 Å². The number of rotatable bonds is 11. The van der Waals surface area contributed by atoms with Gasteiger partial charge in [-0.3, -0.25) is 9.69 Å².